The molecule has 0 radical (unpaired) electrons. The normalized spacial score (nSPS) is 11.9. The van der Waals surface area contributed by atoms with E-state index in [1.165, 1.54) is 0 Å². The molecule has 1 unspecified atom stereocenters. The van der Waals surface area contributed by atoms with Crippen molar-refractivity contribution in [2.75, 3.05) is 33.4 Å². The predicted octanol–water partition coefficient (Wildman–Crippen LogP) is -0.710. The van der Waals surface area contributed by atoms with E-state index < -0.39 is 12.0 Å². The highest BCUT2D eigenvalue weighted by Crippen LogP contribution is 1.87. The zero-order valence-electron chi connectivity index (χ0n) is 10.0. The van der Waals surface area contributed by atoms with Gasteiger partial charge in [-0.25, -0.2) is 4.79 Å². The summed E-state index contributed by atoms with van der Waals surface area (Å²) >= 11 is 0. The summed E-state index contributed by atoms with van der Waals surface area (Å²) in [4.78, 5) is 22.5. The largest absolute Gasteiger partial charge is 0.464 e. The number of esters is 1. The van der Waals surface area contributed by atoms with Crippen LogP contribution in [0.4, 0.5) is 0 Å². The summed E-state index contributed by atoms with van der Waals surface area (Å²) in [6.07, 6.45) is 0. The van der Waals surface area contributed by atoms with Gasteiger partial charge in [-0.3, -0.25) is 4.79 Å². The van der Waals surface area contributed by atoms with Gasteiger partial charge < -0.3 is 20.1 Å². The maximum Gasteiger partial charge on any atom is 0.328 e. The number of rotatable bonds is 8. The Morgan fingerprint density at radius 1 is 1.38 bits per heavy atom. The quantitative estimate of drug-likeness (QED) is 0.427. The van der Waals surface area contributed by atoms with Crippen molar-refractivity contribution < 1.29 is 19.1 Å². The van der Waals surface area contributed by atoms with Crippen LogP contribution in [0.2, 0.25) is 0 Å². The molecule has 1 atom stereocenters. The lowest BCUT2D eigenvalue weighted by Gasteiger charge is -2.12. The Balaban J connectivity index is 3.65. The fourth-order valence-corrected chi connectivity index (χ4v) is 0.995. The van der Waals surface area contributed by atoms with Crippen molar-refractivity contribution in [3.63, 3.8) is 0 Å². The summed E-state index contributed by atoms with van der Waals surface area (Å²) in [5, 5.41) is 5.40. The number of methoxy groups -OCH3 is 1. The van der Waals surface area contributed by atoms with Gasteiger partial charge in [0.15, 0.2) is 0 Å². The molecule has 0 bridgehead atoms. The van der Waals surface area contributed by atoms with E-state index in [4.69, 9.17) is 9.47 Å². The molecule has 6 nitrogen and oxygen atoms in total. The number of carbonyl (C=O) groups excluding carboxylic acids is 2. The second-order valence-corrected chi connectivity index (χ2v) is 3.21. The maximum atomic E-state index is 11.3. The zero-order chi connectivity index (χ0) is 12.4. The summed E-state index contributed by atoms with van der Waals surface area (Å²) in [5.74, 6) is -0.663. The summed E-state index contributed by atoms with van der Waals surface area (Å²) in [7, 11) is 1.59. The van der Waals surface area contributed by atoms with Crippen LogP contribution in [0.3, 0.4) is 0 Å². The second-order valence-electron chi connectivity index (χ2n) is 3.21. The Bertz CT molecular complexity index is 221. The maximum absolute atomic E-state index is 11.3. The summed E-state index contributed by atoms with van der Waals surface area (Å²) in [6, 6.07) is -0.614. The molecule has 16 heavy (non-hydrogen) atoms. The number of nitrogens with one attached hydrogen (secondary N) is 2. The molecule has 0 spiro atoms. The van der Waals surface area contributed by atoms with Gasteiger partial charge in [-0.2, -0.15) is 0 Å². The molecular weight excluding hydrogens is 212 g/mol. The molecule has 6 heteroatoms. The average molecular weight is 232 g/mol. The molecule has 0 heterocycles. The van der Waals surface area contributed by atoms with Gasteiger partial charge in [0.25, 0.3) is 0 Å². The van der Waals surface area contributed by atoms with Crippen LogP contribution in [0.25, 0.3) is 0 Å². The van der Waals surface area contributed by atoms with Crippen molar-refractivity contribution in [1.29, 1.82) is 0 Å². The van der Waals surface area contributed by atoms with Crippen LogP contribution in [0.15, 0.2) is 0 Å². The summed E-state index contributed by atoms with van der Waals surface area (Å²) in [5.41, 5.74) is 0. The fraction of sp³-hybridized carbons (Fsp3) is 0.800. The van der Waals surface area contributed by atoms with Crippen molar-refractivity contribution in [1.82, 2.24) is 10.6 Å². The molecule has 0 saturated carbocycles. The van der Waals surface area contributed by atoms with Gasteiger partial charge in [-0.1, -0.05) is 0 Å². The molecule has 0 aromatic carbocycles. The monoisotopic (exact) mass is 232 g/mol. The average Bonchev–Trinajstić information content (AvgIpc) is 2.24. The van der Waals surface area contributed by atoms with Gasteiger partial charge in [-0.15, -0.1) is 0 Å². The van der Waals surface area contributed by atoms with Crippen LogP contribution in [-0.2, 0) is 19.1 Å². The second kappa shape index (κ2) is 9.11. The van der Waals surface area contributed by atoms with Crippen LogP contribution >= 0.6 is 0 Å². The Morgan fingerprint density at radius 3 is 2.62 bits per heavy atom. The van der Waals surface area contributed by atoms with Crippen LogP contribution in [-0.4, -0.2) is 51.3 Å². The lowest BCUT2D eigenvalue weighted by atomic mass is 10.3. The van der Waals surface area contributed by atoms with Crippen LogP contribution in [0.5, 0.6) is 0 Å². The van der Waals surface area contributed by atoms with E-state index in [-0.39, 0.29) is 12.5 Å². The topological polar surface area (TPSA) is 76.7 Å². The van der Waals surface area contributed by atoms with Crippen LogP contribution < -0.4 is 10.6 Å². The molecule has 0 fully saturated rings. The van der Waals surface area contributed by atoms with Gasteiger partial charge >= 0.3 is 5.97 Å². The minimum absolute atomic E-state index is 0.160. The van der Waals surface area contributed by atoms with Crippen molar-refractivity contribution in [3.8, 4) is 0 Å². The number of ether oxygens (including phenoxy) is 2. The first-order valence-electron chi connectivity index (χ1n) is 5.27. The Morgan fingerprint density at radius 2 is 2.06 bits per heavy atom. The first kappa shape index (κ1) is 14.9. The molecule has 0 aromatic heterocycles. The number of hydrogen-bond donors (Lipinski definition) is 2. The minimum atomic E-state index is -0.614. The molecule has 2 N–H and O–H groups in total. The van der Waals surface area contributed by atoms with E-state index in [0.29, 0.717) is 19.8 Å². The summed E-state index contributed by atoms with van der Waals surface area (Å²) in [6.45, 7) is 4.92. The highest BCUT2D eigenvalue weighted by atomic mass is 16.5. The SMILES string of the molecule is CCOC(=O)C(C)NC(=O)CNCCOC. The van der Waals surface area contributed by atoms with E-state index in [2.05, 4.69) is 10.6 Å². The highest BCUT2D eigenvalue weighted by Gasteiger charge is 2.15. The first-order valence-corrected chi connectivity index (χ1v) is 5.27. The Kier molecular flexibility index (Phi) is 8.46. The van der Waals surface area contributed by atoms with E-state index >= 15 is 0 Å². The lowest BCUT2D eigenvalue weighted by Crippen LogP contribution is -2.44. The fourth-order valence-electron chi connectivity index (χ4n) is 0.995. The molecule has 0 saturated heterocycles. The van der Waals surface area contributed by atoms with Gasteiger partial charge in [0.2, 0.25) is 5.91 Å². The van der Waals surface area contributed by atoms with E-state index in [0.717, 1.165) is 0 Å². The third kappa shape index (κ3) is 7.19. The van der Waals surface area contributed by atoms with Crippen molar-refractivity contribution in [2.45, 2.75) is 19.9 Å². The van der Waals surface area contributed by atoms with Crippen molar-refractivity contribution in [3.05, 3.63) is 0 Å². The third-order valence-corrected chi connectivity index (χ3v) is 1.79. The van der Waals surface area contributed by atoms with Gasteiger partial charge in [0.05, 0.1) is 19.8 Å². The number of hydrogen-bond acceptors (Lipinski definition) is 5. The Hall–Kier alpha value is -1.14. The smallest absolute Gasteiger partial charge is 0.328 e. The number of carbonyl (C=O) groups is 2. The van der Waals surface area contributed by atoms with Gasteiger partial charge in [0.1, 0.15) is 6.04 Å². The standard InChI is InChI=1S/C10H20N2O4/c1-4-16-10(14)8(2)12-9(13)7-11-5-6-15-3/h8,11H,4-7H2,1-3H3,(H,12,13). The minimum Gasteiger partial charge on any atom is -0.464 e. The van der Waals surface area contributed by atoms with Crippen LogP contribution in [0, 0.1) is 0 Å². The molecule has 1 amide bonds. The molecule has 94 valence electrons. The highest BCUT2D eigenvalue weighted by molar-refractivity contribution is 5.85. The number of amides is 1. The van der Waals surface area contributed by atoms with E-state index in [1.54, 1.807) is 21.0 Å². The Labute approximate surface area is 95.7 Å². The molecule has 0 aliphatic heterocycles. The third-order valence-electron chi connectivity index (χ3n) is 1.79. The summed E-state index contributed by atoms with van der Waals surface area (Å²) < 4.78 is 9.56. The first-order chi connectivity index (χ1) is 7.61. The van der Waals surface area contributed by atoms with E-state index in [9.17, 15) is 9.59 Å². The molecule has 0 aliphatic rings. The van der Waals surface area contributed by atoms with Gasteiger partial charge in [0, 0.05) is 13.7 Å². The molecular formula is C10H20N2O4. The lowest BCUT2D eigenvalue weighted by molar-refractivity contribution is -0.146. The predicted molar refractivity (Wildman–Crippen MR) is 59.0 cm³/mol. The zero-order valence-corrected chi connectivity index (χ0v) is 10.0. The van der Waals surface area contributed by atoms with Crippen molar-refractivity contribution in [2.24, 2.45) is 0 Å². The van der Waals surface area contributed by atoms with E-state index in [1.807, 2.05) is 0 Å². The molecule has 0 aromatic rings. The van der Waals surface area contributed by atoms with Crippen LogP contribution in [0.1, 0.15) is 13.8 Å². The van der Waals surface area contributed by atoms with Crippen molar-refractivity contribution >= 4 is 11.9 Å². The molecule has 0 rings (SSSR count). The molecule has 0 aliphatic carbocycles. The van der Waals surface area contributed by atoms with Gasteiger partial charge in [-0.05, 0) is 13.8 Å².